The van der Waals surface area contributed by atoms with Gasteiger partial charge in [-0.05, 0) is 18.6 Å². The van der Waals surface area contributed by atoms with E-state index < -0.39 is 0 Å². The van der Waals surface area contributed by atoms with Crippen LogP contribution in [-0.2, 0) is 0 Å². The number of anilines is 1. The third-order valence-electron chi connectivity index (χ3n) is 1.92. The summed E-state index contributed by atoms with van der Waals surface area (Å²) in [4.78, 5) is 0. The highest BCUT2D eigenvalue weighted by Crippen LogP contribution is 2.29. The highest BCUT2D eigenvalue weighted by atomic mass is 15.3. The second-order valence-corrected chi connectivity index (χ2v) is 2.80. The summed E-state index contributed by atoms with van der Waals surface area (Å²) >= 11 is 0. The van der Waals surface area contributed by atoms with Crippen molar-refractivity contribution in [3.8, 4) is 0 Å². The van der Waals surface area contributed by atoms with Crippen molar-refractivity contribution in [1.82, 2.24) is 0 Å². The average Bonchev–Trinajstić information content (AvgIpc) is 2.17. The summed E-state index contributed by atoms with van der Waals surface area (Å²) in [6, 6.07) is 7.94. The minimum absolute atomic E-state index is 0.153. The lowest BCUT2D eigenvalue weighted by Gasteiger charge is -2.18. The van der Waals surface area contributed by atoms with Crippen molar-refractivity contribution >= 4 is 11.4 Å². The van der Waals surface area contributed by atoms with Crippen molar-refractivity contribution < 1.29 is 0 Å². The molecule has 0 aromatic heterocycles. The van der Waals surface area contributed by atoms with Gasteiger partial charge in [-0.25, -0.2) is 0 Å². The van der Waals surface area contributed by atoms with Crippen LogP contribution in [0.15, 0.2) is 34.5 Å². The second kappa shape index (κ2) is 2.93. The Kier molecular flexibility index (Phi) is 1.78. The van der Waals surface area contributed by atoms with Crippen molar-refractivity contribution in [2.45, 2.75) is 19.5 Å². The molecule has 1 unspecified atom stereocenters. The number of azo groups is 1. The molecule has 0 saturated carbocycles. The summed E-state index contributed by atoms with van der Waals surface area (Å²) in [5.74, 6) is 0. The van der Waals surface area contributed by atoms with E-state index in [1.54, 1.807) is 0 Å². The van der Waals surface area contributed by atoms with E-state index in [0.29, 0.717) is 0 Å². The molecule has 0 aliphatic carbocycles. The number of para-hydroxylation sites is 1. The van der Waals surface area contributed by atoms with Gasteiger partial charge in [0, 0.05) is 0 Å². The molecule has 3 heteroatoms. The summed E-state index contributed by atoms with van der Waals surface area (Å²) in [5, 5.41) is 11.5. The van der Waals surface area contributed by atoms with Gasteiger partial charge in [-0.1, -0.05) is 19.1 Å². The van der Waals surface area contributed by atoms with E-state index in [2.05, 4.69) is 22.5 Å². The Morgan fingerprint density at radius 2 is 2.25 bits per heavy atom. The molecular weight excluding hydrogens is 150 g/mol. The standard InChI is InChI=1S/C9H11N3/c1-2-9-10-7-5-3-4-6-8(7)11-12-9/h3-6,9-10H,2H2,1H3. The molecule has 0 bridgehead atoms. The molecule has 0 amide bonds. The van der Waals surface area contributed by atoms with Gasteiger partial charge in [0.1, 0.15) is 11.9 Å². The Labute approximate surface area is 71.5 Å². The molecule has 2 rings (SSSR count). The molecule has 62 valence electrons. The predicted molar refractivity (Wildman–Crippen MR) is 48.7 cm³/mol. The molecule has 12 heavy (non-hydrogen) atoms. The van der Waals surface area contributed by atoms with Gasteiger partial charge in [-0.3, -0.25) is 0 Å². The van der Waals surface area contributed by atoms with E-state index >= 15 is 0 Å². The van der Waals surface area contributed by atoms with E-state index in [0.717, 1.165) is 17.8 Å². The van der Waals surface area contributed by atoms with Crippen LogP contribution in [0.4, 0.5) is 11.4 Å². The molecule has 3 nitrogen and oxygen atoms in total. The number of nitrogens with zero attached hydrogens (tertiary/aromatic N) is 2. The van der Waals surface area contributed by atoms with Crippen LogP contribution < -0.4 is 5.32 Å². The highest BCUT2D eigenvalue weighted by molar-refractivity contribution is 5.66. The molecule has 0 saturated heterocycles. The molecule has 1 heterocycles. The van der Waals surface area contributed by atoms with Crippen molar-refractivity contribution in [3.05, 3.63) is 24.3 Å². The van der Waals surface area contributed by atoms with Crippen LogP contribution in [0.3, 0.4) is 0 Å². The monoisotopic (exact) mass is 161 g/mol. The molecule has 1 N–H and O–H groups in total. The molecule has 1 aliphatic heterocycles. The lowest BCUT2D eigenvalue weighted by molar-refractivity contribution is 0.683. The van der Waals surface area contributed by atoms with E-state index in [-0.39, 0.29) is 6.17 Å². The number of hydrogen-bond acceptors (Lipinski definition) is 3. The summed E-state index contributed by atoms with van der Waals surface area (Å²) in [5.41, 5.74) is 2.02. The fourth-order valence-corrected chi connectivity index (χ4v) is 1.21. The molecule has 1 atom stereocenters. The average molecular weight is 161 g/mol. The van der Waals surface area contributed by atoms with E-state index in [9.17, 15) is 0 Å². The minimum Gasteiger partial charge on any atom is -0.360 e. The van der Waals surface area contributed by atoms with Gasteiger partial charge in [0.05, 0.1) is 5.69 Å². The van der Waals surface area contributed by atoms with Crippen molar-refractivity contribution in [2.75, 3.05) is 5.32 Å². The summed E-state index contributed by atoms with van der Waals surface area (Å²) < 4.78 is 0. The van der Waals surface area contributed by atoms with Gasteiger partial charge in [0.2, 0.25) is 0 Å². The predicted octanol–water partition coefficient (Wildman–Crippen LogP) is 2.93. The molecule has 0 radical (unpaired) electrons. The van der Waals surface area contributed by atoms with Crippen LogP contribution in [0.1, 0.15) is 13.3 Å². The molecule has 1 aliphatic rings. The molecular formula is C9H11N3. The van der Waals surface area contributed by atoms with Gasteiger partial charge >= 0.3 is 0 Å². The normalized spacial score (nSPS) is 19.9. The molecule has 1 aromatic carbocycles. The maximum Gasteiger partial charge on any atom is 0.140 e. The molecule has 0 fully saturated rings. The zero-order valence-corrected chi connectivity index (χ0v) is 6.99. The fourth-order valence-electron chi connectivity index (χ4n) is 1.21. The summed E-state index contributed by atoms with van der Waals surface area (Å²) in [6.07, 6.45) is 1.12. The second-order valence-electron chi connectivity index (χ2n) is 2.80. The Morgan fingerprint density at radius 1 is 1.42 bits per heavy atom. The van der Waals surface area contributed by atoms with Gasteiger partial charge in [-0.2, -0.15) is 10.2 Å². The zero-order valence-electron chi connectivity index (χ0n) is 6.99. The van der Waals surface area contributed by atoms with Crippen LogP contribution in [0.25, 0.3) is 0 Å². The lowest BCUT2D eigenvalue weighted by Crippen LogP contribution is -2.17. The number of fused-ring (bicyclic) bond motifs is 1. The quantitative estimate of drug-likeness (QED) is 0.675. The fraction of sp³-hybridized carbons (Fsp3) is 0.333. The third-order valence-corrected chi connectivity index (χ3v) is 1.92. The van der Waals surface area contributed by atoms with E-state index in [4.69, 9.17) is 0 Å². The van der Waals surface area contributed by atoms with Crippen LogP contribution in [0.2, 0.25) is 0 Å². The van der Waals surface area contributed by atoms with Crippen LogP contribution in [0, 0.1) is 0 Å². The Balaban J connectivity index is 2.33. The molecule has 0 spiro atoms. The van der Waals surface area contributed by atoms with Gasteiger partial charge in [0.15, 0.2) is 0 Å². The van der Waals surface area contributed by atoms with Crippen molar-refractivity contribution in [2.24, 2.45) is 10.2 Å². The largest absolute Gasteiger partial charge is 0.360 e. The maximum absolute atomic E-state index is 4.11. The first-order valence-corrected chi connectivity index (χ1v) is 4.16. The van der Waals surface area contributed by atoms with E-state index in [1.165, 1.54) is 0 Å². The Hall–Kier alpha value is -1.38. The van der Waals surface area contributed by atoms with Gasteiger partial charge in [-0.15, -0.1) is 0 Å². The van der Waals surface area contributed by atoms with Crippen molar-refractivity contribution in [1.29, 1.82) is 0 Å². The molecule has 1 aromatic rings. The zero-order chi connectivity index (χ0) is 8.39. The van der Waals surface area contributed by atoms with Crippen LogP contribution in [0.5, 0.6) is 0 Å². The van der Waals surface area contributed by atoms with Crippen LogP contribution >= 0.6 is 0 Å². The van der Waals surface area contributed by atoms with Gasteiger partial charge in [0.25, 0.3) is 0 Å². The maximum atomic E-state index is 4.11. The number of benzene rings is 1. The summed E-state index contributed by atoms with van der Waals surface area (Å²) in [7, 11) is 0. The number of rotatable bonds is 1. The minimum atomic E-state index is 0.153. The SMILES string of the molecule is CCC1N=Nc2ccccc2N1. The van der Waals surface area contributed by atoms with Crippen LogP contribution in [-0.4, -0.2) is 6.17 Å². The Bertz CT molecular complexity index is 306. The summed E-state index contributed by atoms with van der Waals surface area (Å²) in [6.45, 7) is 2.09. The first kappa shape index (κ1) is 7.28. The van der Waals surface area contributed by atoms with E-state index in [1.807, 2.05) is 24.3 Å². The topological polar surface area (TPSA) is 36.8 Å². The lowest BCUT2D eigenvalue weighted by atomic mass is 10.2. The number of nitrogens with one attached hydrogen (secondary N) is 1. The first-order valence-electron chi connectivity index (χ1n) is 4.16. The highest BCUT2D eigenvalue weighted by Gasteiger charge is 2.11. The first-order chi connectivity index (χ1) is 5.90. The third kappa shape index (κ3) is 1.18. The number of hydrogen-bond donors (Lipinski definition) is 1. The smallest absolute Gasteiger partial charge is 0.140 e. The van der Waals surface area contributed by atoms with Gasteiger partial charge < -0.3 is 5.32 Å². The Morgan fingerprint density at radius 3 is 3.08 bits per heavy atom. The van der Waals surface area contributed by atoms with Crippen molar-refractivity contribution in [3.63, 3.8) is 0 Å².